The Morgan fingerprint density at radius 1 is 1.31 bits per heavy atom. The van der Waals surface area contributed by atoms with Crippen molar-refractivity contribution in [3.63, 3.8) is 0 Å². The molecule has 0 aliphatic carbocycles. The fourth-order valence-electron chi connectivity index (χ4n) is 3.20. The number of rotatable bonds is 8. The third-order valence-corrected chi connectivity index (χ3v) is 5.75. The average molecular weight is 426 g/mol. The molecule has 2 rings (SSSR count). The van der Waals surface area contributed by atoms with Crippen LogP contribution in [0.15, 0.2) is 18.2 Å². The summed E-state index contributed by atoms with van der Waals surface area (Å²) in [6, 6.07) is 3.64. The number of sulfonamides is 1. The monoisotopic (exact) mass is 425 g/mol. The van der Waals surface area contributed by atoms with Crippen molar-refractivity contribution in [2.75, 3.05) is 23.7 Å². The van der Waals surface area contributed by atoms with Gasteiger partial charge < -0.3 is 15.4 Å². The summed E-state index contributed by atoms with van der Waals surface area (Å²) < 4.78 is 30.3. The van der Waals surface area contributed by atoms with Crippen LogP contribution in [-0.2, 0) is 30.8 Å². The number of carbonyl (C=O) groups is 3. The van der Waals surface area contributed by atoms with E-state index in [9.17, 15) is 22.8 Å². The number of amides is 2. The molecule has 0 spiro atoms. The number of benzene rings is 1. The van der Waals surface area contributed by atoms with Crippen LogP contribution in [0.5, 0.6) is 0 Å². The Bertz CT molecular complexity index is 899. The highest BCUT2D eigenvalue weighted by atomic mass is 32.2. The van der Waals surface area contributed by atoms with Gasteiger partial charge in [-0.2, -0.15) is 0 Å². The number of nitrogens with zero attached hydrogens (tertiary/aromatic N) is 1. The Morgan fingerprint density at radius 3 is 2.62 bits per heavy atom. The molecule has 10 heteroatoms. The zero-order valence-electron chi connectivity index (χ0n) is 17.0. The summed E-state index contributed by atoms with van der Waals surface area (Å²) >= 11 is 0. The highest BCUT2D eigenvalue weighted by Crippen LogP contribution is 2.34. The van der Waals surface area contributed by atoms with Crippen molar-refractivity contribution in [3.8, 4) is 0 Å². The smallest absolute Gasteiger partial charge is 0.338 e. The van der Waals surface area contributed by atoms with Crippen LogP contribution in [0, 0.1) is 0 Å². The topological polar surface area (TPSA) is 122 Å². The summed E-state index contributed by atoms with van der Waals surface area (Å²) in [5, 5.41) is 5.13. The molecule has 0 saturated carbocycles. The summed E-state index contributed by atoms with van der Waals surface area (Å²) in [5.74, 6) is -1.60. The number of hydrogen-bond acceptors (Lipinski definition) is 6. The van der Waals surface area contributed by atoms with Gasteiger partial charge in [0.15, 0.2) is 6.61 Å². The van der Waals surface area contributed by atoms with Gasteiger partial charge in [-0.1, -0.05) is 6.92 Å². The van der Waals surface area contributed by atoms with Crippen LogP contribution in [-0.4, -0.2) is 57.7 Å². The van der Waals surface area contributed by atoms with Crippen molar-refractivity contribution in [2.45, 2.75) is 45.7 Å². The molecule has 0 aromatic heterocycles. The predicted molar refractivity (Wildman–Crippen MR) is 108 cm³/mol. The second-order valence-corrected chi connectivity index (χ2v) is 8.97. The molecule has 9 nitrogen and oxygen atoms in total. The lowest BCUT2D eigenvalue weighted by atomic mass is 10.1. The normalized spacial score (nSPS) is 16.7. The van der Waals surface area contributed by atoms with Gasteiger partial charge in [-0.3, -0.25) is 13.9 Å². The van der Waals surface area contributed by atoms with Crippen LogP contribution in [0.4, 0.5) is 5.69 Å². The van der Waals surface area contributed by atoms with Crippen molar-refractivity contribution >= 4 is 33.5 Å². The first-order chi connectivity index (χ1) is 13.5. The lowest BCUT2D eigenvalue weighted by Gasteiger charge is -2.21. The van der Waals surface area contributed by atoms with E-state index in [1.165, 1.54) is 10.4 Å². The van der Waals surface area contributed by atoms with Gasteiger partial charge in [0.1, 0.15) is 6.04 Å². The number of fused-ring (bicyclic) bond motifs is 1. The highest BCUT2D eigenvalue weighted by molar-refractivity contribution is 7.92. The molecular weight excluding hydrogens is 398 g/mol. The van der Waals surface area contributed by atoms with Crippen molar-refractivity contribution in [3.05, 3.63) is 29.3 Å². The van der Waals surface area contributed by atoms with Gasteiger partial charge in [0.2, 0.25) is 15.9 Å². The van der Waals surface area contributed by atoms with Crippen molar-refractivity contribution < 1.29 is 27.5 Å². The number of ether oxygens (including phenoxy) is 1. The minimum Gasteiger partial charge on any atom is -0.452 e. The first-order valence-electron chi connectivity index (χ1n) is 9.41. The fraction of sp³-hybridized carbons (Fsp3) is 0.526. The Morgan fingerprint density at radius 2 is 2.00 bits per heavy atom. The number of esters is 1. The van der Waals surface area contributed by atoms with Crippen LogP contribution in [0.2, 0.25) is 0 Å². The highest BCUT2D eigenvalue weighted by Gasteiger charge is 2.33. The number of nitrogens with one attached hydrogen (secondary N) is 2. The first-order valence-corrected chi connectivity index (χ1v) is 11.3. The number of carbonyl (C=O) groups excluding carboxylic acids is 3. The minimum absolute atomic E-state index is 0.229. The number of anilines is 1. The molecule has 0 saturated heterocycles. The maximum Gasteiger partial charge on any atom is 0.338 e. The molecule has 160 valence electrons. The second-order valence-electron chi connectivity index (χ2n) is 7.11. The molecule has 29 heavy (non-hydrogen) atoms. The van der Waals surface area contributed by atoms with E-state index in [4.69, 9.17) is 4.74 Å². The van der Waals surface area contributed by atoms with E-state index in [0.717, 1.165) is 18.2 Å². The molecule has 1 aromatic carbocycles. The van der Waals surface area contributed by atoms with Gasteiger partial charge in [-0.25, -0.2) is 13.2 Å². The molecule has 2 atom stereocenters. The maximum atomic E-state index is 12.3. The van der Waals surface area contributed by atoms with Gasteiger partial charge in [0.25, 0.3) is 5.91 Å². The van der Waals surface area contributed by atoms with E-state index in [1.807, 2.05) is 6.92 Å². The molecule has 0 bridgehead atoms. The van der Waals surface area contributed by atoms with E-state index in [1.54, 1.807) is 26.0 Å². The van der Waals surface area contributed by atoms with Crippen molar-refractivity contribution in [1.29, 1.82) is 0 Å². The van der Waals surface area contributed by atoms with E-state index < -0.39 is 34.5 Å². The number of hydrogen-bond donors (Lipinski definition) is 2. The molecule has 2 amide bonds. The van der Waals surface area contributed by atoms with Crippen LogP contribution in [0.25, 0.3) is 0 Å². The van der Waals surface area contributed by atoms with Gasteiger partial charge in [0, 0.05) is 12.6 Å². The fourth-order valence-corrected chi connectivity index (χ4v) is 4.46. The quantitative estimate of drug-likeness (QED) is 0.588. The lowest BCUT2D eigenvalue weighted by molar-refractivity contribution is -0.130. The zero-order chi connectivity index (χ0) is 21.8. The average Bonchev–Trinajstić information content (AvgIpc) is 2.98. The summed E-state index contributed by atoms with van der Waals surface area (Å²) in [6.45, 7) is 5.25. The second kappa shape index (κ2) is 9.25. The predicted octanol–water partition coefficient (Wildman–Crippen LogP) is 0.585. The van der Waals surface area contributed by atoms with Gasteiger partial charge in [-0.15, -0.1) is 0 Å². The molecule has 0 fully saturated rings. The molecule has 2 N–H and O–H groups in total. The molecule has 1 aliphatic heterocycles. The summed E-state index contributed by atoms with van der Waals surface area (Å²) in [7, 11) is -3.41. The van der Waals surface area contributed by atoms with E-state index in [2.05, 4.69) is 10.6 Å². The van der Waals surface area contributed by atoms with Crippen LogP contribution in [0.3, 0.4) is 0 Å². The Balaban J connectivity index is 1.95. The van der Waals surface area contributed by atoms with Gasteiger partial charge in [0.05, 0.1) is 17.5 Å². The van der Waals surface area contributed by atoms with Crippen molar-refractivity contribution in [1.82, 2.24) is 10.6 Å². The summed E-state index contributed by atoms with van der Waals surface area (Å²) in [5.41, 5.74) is 1.50. The van der Waals surface area contributed by atoms with Crippen LogP contribution < -0.4 is 14.9 Å². The van der Waals surface area contributed by atoms with E-state index in [0.29, 0.717) is 18.7 Å². The van der Waals surface area contributed by atoms with Gasteiger partial charge >= 0.3 is 5.97 Å². The molecule has 1 aromatic rings. The Labute approximate surface area is 170 Å². The minimum atomic E-state index is -3.41. The maximum absolute atomic E-state index is 12.3. The molecule has 0 radical (unpaired) electrons. The third-order valence-electron chi connectivity index (χ3n) is 4.48. The first kappa shape index (κ1) is 22.7. The van der Waals surface area contributed by atoms with Crippen molar-refractivity contribution in [2.24, 2.45) is 0 Å². The standard InChI is InChI=1S/C19H27N3O6S/c1-5-8-20-18(24)13(3)21-17(23)11-28-19(25)14-6-7-16-15(10-14)9-12(2)22(16)29(4,26)27/h6-7,10,12-13H,5,8-9,11H2,1-4H3,(H,20,24)(H,21,23)/t12-,13-/m1/s1. The Kier molecular flexibility index (Phi) is 7.23. The molecular formula is C19H27N3O6S. The largest absolute Gasteiger partial charge is 0.452 e. The molecule has 1 heterocycles. The van der Waals surface area contributed by atoms with E-state index >= 15 is 0 Å². The molecule has 0 unspecified atom stereocenters. The summed E-state index contributed by atoms with van der Waals surface area (Å²) in [4.78, 5) is 35.9. The van der Waals surface area contributed by atoms with E-state index in [-0.39, 0.29) is 17.5 Å². The zero-order valence-corrected chi connectivity index (χ0v) is 17.8. The Hall–Kier alpha value is -2.62. The SMILES string of the molecule is CCCNC(=O)[C@@H](C)NC(=O)COC(=O)c1ccc2c(c1)C[C@@H](C)N2S(C)(=O)=O. The van der Waals surface area contributed by atoms with Crippen LogP contribution in [0.1, 0.15) is 43.1 Å². The molecule has 1 aliphatic rings. The lowest BCUT2D eigenvalue weighted by Crippen LogP contribution is -2.46. The summed E-state index contributed by atoms with van der Waals surface area (Å²) in [6.07, 6.45) is 2.41. The third kappa shape index (κ3) is 5.69. The van der Waals surface area contributed by atoms with Crippen LogP contribution >= 0.6 is 0 Å². The van der Waals surface area contributed by atoms with Gasteiger partial charge in [-0.05, 0) is 50.5 Å².